The largest absolute Gasteiger partial charge is 0.479 e. The third-order valence-electron chi connectivity index (χ3n) is 1.73. The third-order valence-corrected chi connectivity index (χ3v) is 1.73. The van der Waals surface area contributed by atoms with Gasteiger partial charge in [-0.05, 0) is 19.4 Å². The number of ether oxygens (including phenoxy) is 1. The molecule has 88 valence electrons. The van der Waals surface area contributed by atoms with Crippen LogP contribution in [0.3, 0.4) is 0 Å². The van der Waals surface area contributed by atoms with Crippen molar-refractivity contribution in [1.29, 1.82) is 0 Å². The third kappa shape index (κ3) is 6.00. The summed E-state index contributed by atoms with van der Waals surface area (Å²) in [6, 6.07) is -1.23. The minimum absolute atomic E-state index is 0.278. The molecule has 0 amide bonds. The van der Waals surface area contributed by atoms with Gasteiger partial charge >= 0.3 is 11.9 Å². The smallest absolute Gasteiger partial charge is 0.341 e. The van der Waals surface area contributed by atoms with E-state index in [0.717, 1.165) is 0 Å². The second-order valence-corrected chi connectivity index (χ2v) is 3.03. The zero-order valence-electron chi connectivity index (χ0n) is 8.26. The molecule has 0 aromatic heterocycles. The lowest BCUT2D eigenvalue weighted by Gasteiger charge is -2.16. The van der Waals surface area contributed by atoms with Crippen molar-refractivity contribution in [2.75, 3.05) is 13.2 Å². The summed E-state index contributed by atoms with van der Waals surface area (Å²) >= 11 is 0. The standard InChI is InChI=1S/C8H16N2O5/c9-3-1-2-5(11)7(10)8(14)15-4-6(12)13/h5,7,11H,1-4,9-10H2,(H,12,13). The number of hydrogen-bond acceptors (Lipinski definition) is 6. The minimum atomic E-state index is -1.27. The normalized spacial score (nSPS) is 14.3. The lowest BCUT2D eigenvalue weighted by atomic mass is 10.1. The molecule has 0 fully saturated rings. The molecule has 0 saturated heterocycles. The van der Waals surface area contributed by atoms with Gasteiger partial charge in [-0.1, -0.05) is 0 Å². The number of rotatable bonds is 7. The highest BCUT2D eigenvalue weighted by molar-refractivity contribution is 5.79. The molecule has 0 heterocycles. The Morgan fingerprint density at radius 2 is 2.00 bits per heavy atom. The Hall–Kier alpha value is -1.18. The molecule has 0 aliphatic carbocycles. The summed E-state index contributed by atoms with van der Waals surface area (Å²) in [6.45, 7) is -0.371. The molecule has 7 heteroatoms. The first-order valence-corrected chi connectivity index (χ1v) is 4.51. The van der Waals surface area contributed by atoms with Crippen molar-refractivity contribution in [3.8, 4) is 0 Å². The van der Waals surface area contributed by atoms with Crippen LogP contribution in [0.15, 0.2) is 0 Å². The van der Waals surface area contributed by atoms with Gasteiger partial charge in [0.2, 0.25) is 0 Å². The predicted octanol–water partition coefficient (Wildman–Crippen LogP) is -1.96. The van der Waals surface area contributed by atoms with E-state index in [9.17, 15) is 14.7 Å². The van der Waals surface area contributed by atoms with Crippen molar-refractivity contribution < 1.29 is 24.5 Å². The summed E-state index contributed by atoms with van der Waals surface area (Å²) in [5, 5.41) is 17.6. The summed E-state index contributed by atoms with van der Waals surface area (Å²) < 4.78 is 4.31. The highest BCUT2D eigenvalue weighted by Crippen LogP contribution is 2.01. The Labute approximate surface area is 87.0 Å². The fourth-order valence-corrected chi connectivity index (χ4v) is 0.893. The van der Waals surface area contributed by atoms with Gasteiger partial charge in [0.1, 0.15) is 6.04 Å². The second-order valence-electron chi connectivity index (χ2n) is 3.03. The van der Waals surface area contributed by atoms with Gasteiger partial charge in [0, 0.05) is 0 Å². The minimum Gasteiger partial charge on any atom is -0.479 e. The maximum atomic E-state index is 11.1. The van der Waals surface area contributed by atoms with E-state index in [-0.39, 0.29) is 6.42 Å². The summed E-state index contributed by atoms with van der Waals surface area (Å²) in [7, 11) is 0. The number of nitrogens with two attached hydrogens (primary N) is 2. The van der Waals surface area contributed by atoms with Gasteiger partial charge in [-0.3, -0.25) is 4.79 Å². The molecular formula is C8H16N2O5. The molecule has 2 unspecified atom stereocenters. The van der Waals surface area contributed by atoms with Gasteiger partial charge < -0.3 is 26.4 Å². The Bertz CT molecular complexity index is 221. The summed E-state index contributed by atoms with van der Waals surface area (Å²) in [5.74, 6) is -2.20. The highest BCUT2D eigenvalue weighted by atomic mass is 16.6. The molecule has 0 aromatic carbocycles. The number of aliphatic hydroxyl groups is 1. The number of carbonyl (C=O) groups is 2. The van der Waals surface area contributed by atoms with E-state index >= 15 is 0 Å². The SMILES string of the molecule is NCCCC(O)C(N)C(=O)OCC(=O)O. The fraction of sp³-hybridized carbons (Fsp3) is 0.750. The average molecular weight is 220 g/mol. The first-order valence-electron chi connectivity index (χ1n) is 4.51. The zero-order chi connectivity index (χ0) is 11.8. The van der Waals surface area contributed by atoms with Crippen molar-refractivity contribution in [1.82, 2.24) is 0 Å². The topological polar surface area (TPSA) is 136 Å². The monoisotopic (exact) mass is 220 g/mol. The van der Waals surface area contributed by atoms with Crippen LogP contribution in [0.4, 0.5) is 0 Å². The van der Waals surface area contributed by atoms with Crippen LogP contribution in [-0.4, -0.2) is 47.4 Å². The molecule has 0 rings (SSSR count). The van der Waals surface area contributed by atoms with E-state index in [4.69, 9.17) is 16.6 Å². The van der Waals surface area contributed by atoms with Crippen LogP contribution in [-0.2, 0) is 14.3 Å². The molecular weight excluding hydrogens is 204 g/mol. The van der Waals surface area contributed by atoms with Crippen LogP contribution in [0.2, 0.25) is 0 Å². The molecule has 0 bridgehead atoms. The Balaban J connectivity index is 3.90. The molecule has 0 aliphatic heterocycles. The molecule has 15 heavy (non-hydrogen) atoms. The van der Waals surface area contributed by atoms with Crippen molar-refractivity contribution >= 4 is 11.9 Å². The van der Waals surface area contributed by atoms with Crippen molar-refractivity contribution in [3.05, 3.63) is 0 Å². The van der Waals surface area contributed by atoms with Crippen molar-refractivity contribution in [2.24, 2.45) is 11.5 Å². The first kappa shape index (κ1) is 13.8. The van der Waals surface area contributed by atoms with E-state index in [1.165, 1.54) is 0 Å². The lowest BCUT2D eigenvalue weighted by Crippen LogP contribution is -2.43. The van der Waals surface area contributed by atoms with Crippen LogP contribution >= 0.6 is 0 Å². The fourth-order valence-electron chi connectivity index (χ4n) is 0.893. The van der Waals surface area contributed by atoms with E-state index in [1.54, 1.807) is 0 Å². The average Bonchev–Trinajstić information content (AvgIpc) is 2.21. The van der Waals surface area contributed by atoms with Crippen LogP contribution in [0.1, 0.15) is 12.8 Å². The number of esters is 1. The number of carboxylic acid groups (broad SMARTS) is 1. The van der Waals surface area contributed by atoms with Gasteiger partial charge in [0.25, 0.3) is 0 Å². The molecule has 7 nitrogen and oxygen atoms in total. The Kier molecular flexibility index (Phi) is 6.59. The summed E-state index contributed by atoms with van der Waals surface area (Å²) in [6.07, 6.45) is -0.254. The van der Waals surface area contributed by atoms with E-state index in [0.29, 0.717) is 13.0 Å². The second kappa shape index (κ2) is 7.16. The molecule has 0 radical (unpaired) electrons. The van der Waals surface area contributed by atoms with E-state index < -0.39 is 30.7 Å². The van der Waals surface area contributed by atoms with E-state index in [2.05, 4.69) is 4.74 Å². The zero-order valence-corrected chi connectivity index (χ0v) is 8.26. The quantitative estimate of drug-likeness (QED) is 0.366. The molecule has 6 N–H and O–H groups in total. The maximum absolute atomic E-state index is 11.1. The number of aliphatic carboxylic acids is 1. The molecule has 0 aromatic rings. The lowest BCUT2D eigenvalue weighted by molar-refractivity contribution is -0.157. The van der Waals surface area contributed by atoms with Gasteiger partial charge in [-0.15, -0.1) is 0 Å². The number of hydrogen-bond donors (Lipinski definition) is 4. The van der Waals surface area contributed by atoms with Gasteiger partial charge in [-0.25, -0.2) is 4.79 Å². The summed E-state index contributed by atoms with van der Waals surface area (Å²) in [5.41, 5.74) is 10.5. The van der Waals surface area contributed by atoms with Gasteiger partial charge in [0.15, 0.2) is 6.61 Å². The first-order chi connectivity index (χ1) is 6.99. The highest BCUT2D eigenvalue weighted by Gasteiger charge is 2.24. The van der Waals surface area contributed by atoms with E-state index in [1.807, 2.05) is 0 Å². The molecule has 2 atom stereocenters. The van der Waals surface area contributed by atoms with Crippen molar-refractivity contribution in [3.63, 3.8) is 0 Å². The van der Waals surface area contributed by atoms with Crippen LogP contribution in [0.5, 0.6) is 0 Å². The van der Waals surface area contributed by atoms with Crippen LogP contribution in [0, 0.1) is 0 Å². The van der Waals surface area contributed by atoms with Crippen LogP contribution < -0.4 is 11.5 Å². The number of aliphatic hydroxyl groups excluding tert-OH is 1. The number of carboxylic acids is 1. The molecule has 0 spiro atoms. The maximum Gasteiger partial charge on any atom is 0.341 e. The summed E-state index contributed by atoms with van der Waals surface area (Å²) in [4.78, 5) is 21.1. The van der Waals surface area contributed by atoms with Gasteiger partial charge in [-0.2, -0.15) is 0 Å². The number of carbonyl (C=O) groups excluding carboxylic acids is 1. The van der Waals surface area contributed by atoms with Crippen molar-refractivity contribution in [2.45, 2.75) is 25.0 Å². The van der Waals surface area contributed by atoms with Gasteiger partial charge in [0.05, 0.1) is 6.10 Å². The molecule has 0 saturated carbocycles. The Morgan fingerprint density at radius 3 is 2.47 bits per heavy atom. The predicted molar refractivity (Wildman–Crippen MR) is 50.9 cm³/mol. The molecule has 0 aliphatic rings. The Morgan fingerprint density at radius 1 is 1.40 bits per heavy atom. The van der Waals surface area contributed by atoms with Crippen LogP contribution in [0.25, 0.3) is 0 Å².